The summed E-state index contributed by atoms with van der Waals surface area (Å²) in [7, 11) is 0. The standard InChI is InChI=1S/C13H2BrCl7O2/c14-6-4(1-3(15)2-5(6)16)13(22)23-12-10(20)8(18)7(17)9(19)11(12)21/h1-2H. The number of halogens is 8. The van der Waals surface area contributed by atoms with Crippen LogP contribution in [-0.2, 0) is 0 Å². The Morgan fingerprint density at radius 2 is 1.30 bits per heavy atom. The van der Waals surface area contributed by atoms with Crippen LogP contribution in [0.15, 0.2) is 16.6 Å². The van der Waals surface area contributed by atoms with E-state index >= 15 is 0 Å². The van der Waals surface area contributed by atoms with Gasteiger partial charge >= 0.3 is 5.97 Å². The van der Waals surface area contributed by atoms with Crippen LogP contribution in [0.25, 0.3) is 0 Å². The second-order valence-corrected chi connectivity index (χ2v) is 7.56. The van der Waals surface area contributed by atoms with Gasteiger partial charge in [0.05, 0.1) is 30.1 Å². The molecule has 0 unspecified atom stereocenters. The Morgan fingerprint density at radius 1 is 0.826 bits per heavy atom. The van der Waals surface area contributed by atoms with Crippen LogP contribution in [0.2, 0.25) is 35.2 Å². The third-order valence-corrected chi connectivity index (χ3v) is 6.42. The normalized spacial score (nSPS) is 10.8. The van der Waals surface area contributed by atoms with E-state index in [0.29, 0.717) is 4.47 Å². The first-order valence-electron chi connectivity index (χ1n) is 5.53. The minimum Gasteiger partial charge on any atom is -0.420 e. The van der Waals surface area contributed by atoms with E-state index in [9.17, 15) is 4.79 Å². The summed E-state index contributed by atoms with van der Waals surface area (Å²) >= 11 is 44.7. The number of benzene rings is 2. The lowest BCUT2D eigenvalue weighted by Crippen LogP contribution is -2.10. The van der Waals surface area contributed by atoms with Gasteiger partial charge in [-0.3, -0.25) is 0 Å². The largest absolute Gasteiger partial charge is 0.420 e. The van der Waals surface area contributed by atoms with Crippen LogP contribution in [-0.4, -0.2) is 5.97 Å². The molecule has 0 aliphatic heterocycles. The molecule has 0 saturated carbocycles. The second kappa shape index (κ2) is 7.76. The molecule has 23 heavy (non-hydrogen) atoms. The monoisotopic (exact) mass is 514 g/mol. The highest BCUT2D eigenvalue weighted by molar-refractivity contribution is 9.10. The van der Waals surface area contributed by atoms with Gasteiger partial charge in [0.2, 0.25) is 0 Å². The van der Waals surface area contributed by atoms with Crippen molar-refractivity contribution in [3.05, 3.63) is 57.3 Å². The number of rotatable bonds is 2. The molecule has 2 aromatic carbocycles. The van der Waals surface area contributed by atoms with Crippen LogP contribution in [0.3, 0.4) is 0 Å². The predicted octanol–water partition coefficient (Wildman–Crippen LogP) is 8.24. The SMILES string of the molecule is O=C(Oc1c(Cl)c(Cl)c(Cl)c(Cl)c1Cl)c1cc(Cl)cc(Cl)c1Br. The van der Waals surface area contributed by atoms with Crippen molar-refractivity contribution < 1.29 is 9.53 Å². The molecule has 0 heterocycles. The highest BCUT2D eigenvalue weighted by Crippen LogP contribution is 2.48. The quantitative estimate of drug-likeness (QED) is 0.173. The van der Waals surface area contributed by atoms with Crippen LogP contribution >= 0.6 is 97.1 Å². The van der Waals surface area contributed by atoms with Gasteiger partial charge in [-0.2, -0.15) is 0 Å². The number of hydrogen-bond donors (Lipinski definition) is 0. The summed E-state index contributed by atoms with van der Waals surface area (Å²) in [4.78, 5) is 12.3. The maximum Gasteiger partial charge on any atom is 0.344 e. The molecule has 0 radical (unpaired) electrons. The molecule has 10 heteroatoms. The zero-order valence-electron chi connectivity index (χ0n) is 10.5. The summed E-state index contributed by atoms with van der Waals surface area (Å²) in [5.41, 5.74) is 0.0665. The molecule has 0 aliphatic rings. The maximum atomic E-state index is 12.3. The predicted molar refractivity (Wildman–Crippen MR) is 101 cm³/mol. The zero-order valence-corrected chi connectivity index (χ0v) is 17.4. The molecule has 0 fully saturated rings. The third kappa shape index (κ3) is 3.99. The maximum absolute atomic E-state index is 12.3. The number of ether oxygens (including phenoxy) is 1. The average molecular weight is 518 g/mol. The van der Waals surface area contributed by atoms with Crippen molar-refractivity contribution in [3.8, 4) is 5.75 Å². The Labute approximate surface area is 174 Å². The third-order valence-electron chi connectivity index (χ3n) is 2.58. The summed E-state index contributed by atoms with van der Waals surface area (Å²) in [6, 6.07) is 2.82. The van der Waals surface area contributed by atoms with Crippen LogP contribution in [0.1, 0.15) is 10.4 Å². The van der Waals surface area contributed by atoms with Gasteiger partial charge in [0.25, 0.3) is 0 Å². The van der Waals surface area contributed by atoms with Crippen molar-refractivity contribution in [2.75, 3.05) is 0 Å². The molecule has 0 atom stereocenters. The van der Waals surface area contributed by atoms with Crippen molar-refractivity contribution >= 4 is 103 Å². The number of carbonyl (C=O) groups is 1. The lowest BCUT2D eigenvalue weighted by molar-refractivity contribution is 0.0734. The molecule has 2 nitrogen and oxygen atoms in total. The van der Waals surface area contributed by atoms with Crippen LogP contribution in [0, 0.1) is 0 Å². The highest BCUT2D eigenvalue weighted by atomic mass is 79.9. The molecule has 0 N–H and O–H groups in total. The smallest absolute Gasteiger partial charge is 0.344 e. The fourth-order valence-corrected chi connectivity index (χ4v) is 3.61. The van der Waals surface area contributed by atoms with Crippen molar-refractivity contribution in [1.29, 1.82) is 0 Å². The number of carbonyl (C=O) groups excluding carboxylic acids is 1. The van der Waals surface area contributed by atoms with Gasteiger partial charge in [0.15, 0.2) is 5.75 Å². The van der Waals surface area contributed by atoms with E-state index in [1.54, 1.807) is 0 Å². The van der Waals surface area contributed by atoms with E-state index in [1.165, 1.54) is 12.1 Å². The van der Waals surface area contributed by atoms with E-state index in [4.69, 9.17) is 85.9 Å². The van der Waals surface area contributed by atoms with Crippen molar-refractivity contribution in [1.82, 2.24) is 0 Å². The minimum absolute atomic E-state index is 0.0462. The molecule has 0 bridgehead atoms. The summed E-state index contributed by atoms with van der Waals surface area (Å²) in [6.45, 7) is 0. The molecule has 0 saturated heterocycles. The Bertz CT molecular complexity index is 794. The molecule has 0 aliphatic carbocycles. The van der Waals surface area contributed by atoms with Crippen LogP contribution < -0.4 is 4.74 Å². The summed E-state index contributed by atoms with van der Waals surface area (Å²) in [6.07, 6.45) is 0. The summed E-state index contributed by atoms with van der Waals surface area (Å²) in [5, 5.41) is -0.0479. The number of hydrogen-bond acceptors (Lipinski definition) is 2. The molecular weight excluding hydrogens is 516 g/mol. The Hall–Kier alpha value is 0.420. The lowest BCUT2D eigenvalue weighted by Gasteiger charge is -2.13. The zero-order chi connectivity index (χ0) is 17.5. The minimum atomic E-state index is -0.820. The Kier molecular flexibility index (Phi) is 6.66. The lowest BCUT2D eigenvalue weighted by atomic mass is 10.2. The first-order valence-corrected chi connectivity index (χ1v) is 8.97. The summed E-state index contributed by atoms with van der Waals surface area (Å²) < 4.78 is 5.49. The van der Waals surface area contributed by atoms with Crippen molar-refractivity contribution in [3.63, 3.8) is 0 Å². The first kappa shape index (κ1) is 19.7. The van der Waals surface area contributed by atoms with Crippen LogP contribution in [0.5, 0.6) is 5.75 Å². The molecular formula is C13H2BrCl7O2. The van der Waals surface area contributed by atoms with Gasteiger partial charge in [-0.1, -0.05) is 81.2 Å². The Morgan fingerprint density at radius 3 is 1.83 bits per heavy atom. The number of esters is 1. The fraction of sp³-hybridized carbons (Fsp3) is 0. The summed E-state index contributed by atoms with van der Waals surface area (Å²) in [5.74, 6) is -1.04. The molecule has 2 aromatic rings. The molecule has 2 rings (SSSR count). The van der Waals surface area contributed by atoms with Crippen LogP contribution in [0.4, 0.5) is 0 Å². The fourth-order valence-electron chi connectivity index (χ4n) is 1.53. The molecule has 0 aromatic heterocycles. The van der Waals surface area contributed by atoms with Gasteiger partial charge < -0.3 is 4.74 Å². The molecule has 0 amide bonds. The van der Waals surface area contributed by atoms with E-state index in [-0.39, 0.29) is 46.5 Å². The highest BCUT2D eigenvalue weighted by Gasteiger charge is 2.24. The van der Waals surface area contributed by atoms with Crippen molar-refractivity contribution in [2.45, 2.75) is 0 Å². The van der Waals surface area contributed by atoms with Gasteiger partial charge in [-0.05, 0) is 28.1 Å². The van der Waals surface area contributed by atoms with Gasteiger partial charge in [0.1, 0.15) is 10.0 Å². The van der Waals surface area contributed by atoms with E-state index < -0.39 is 5.97 Å². The van der Waals surface area contributed by atoms with Gasteiger partial charge in [0, 0.05) is 5.02 Å². The Balaban J connectivity index is 2.51. The molecule has 0 spiro atoms. The van der Waals surface area contributed by atoms with E-state index in [0.717, 1.165) is 0 Å². The van der Waals surface area contributed by atoms with Crippen molar-refractivity contribution in [2.24, 2.45) is 0 Å². The average Bonchev–Trinajstić information content (AvgIpc) is 2.50. The van der Waals surface area contributed by atoms with E-state index in [2.05, 4.69) is 15.9 Å². The topological polar surface area (TPSA) is 26.3 Å². The van der Waals surface area contributed by atoms with Gasteiger partial charge in [-0.25, -0.2) is 4.79 Å². The first-order chi connectivity index (χ1) is 10.6. The molecule has 122 valence electrons. The van der Waals surface area contributed by atoms with E-state index in [1.807, 2.05) is 0 Å². The second-order valence-electron chi connectivity index (χ2n) is 4.04. The van der Waals surface area contributed by atoms with Gasteiger partial charge in [-0.15, -0.1) is 0 Å².